The molecule has 29 heavy (non-hydrogen) atoms. The molecule has 0 aliphatic rings. The molecule has 1 heterocycles. The smallest absolute Gasteiger partial charge is 0.264 e. The van der Waals surface area contributed by atoms with E-state index in [1.165, 1.54) is 16.2 Å². The number of hydrogen-bond acceptors (Lipinski definition) is 5. The molecule has 7 heteroatoms. The first-order chi connectivity index (χ1) is 14.1. The van der Waals surface area contributed by atoms with Crippen LogP contribution in [0.5, 0.6) is 11.5 Å². The Hall–Kier alpha value is -2.64. The number of rotatable bonds is 9. The summed E-state index contributed by atoms with van der Waals surface area (Å²) in [4.78, 5) is 21.5. The fraction of sp³-hybridized carbons (Fsp3) is 0.364. The van der Waals surface area contributed by atoms with Gasteiger partial charge in [-0.3, -0.25) is 9.69 Å². The number of para-hydroxylation sites is 2. The first-order valence-electron chi connectivity index (χ1n) is 9.84. The Balaban J connectivity index is 2.02. The van der Waals surface area contributed by atoms with E-state index in [1.807, 2.05) is 36.4 Å². The van der Waals surface area contributed by atoms with Gasteiger partial charge in [0.2, 0.25) is 0 Å². The largest absolute Gasteiger partial charge is 0.496 e. The number of ether oxygens (including phenoxy) is 2. The molecule has 1 aromatic heterocycles. The molecule has 0 unspecified atom stereocenters. The number of nitrogens with zero attached hydrogens (tertiary/aromatic N) is 2. The first-order valence-corrected chi connectivity index (χ1v) is 10.7. The molecule has 6 nitrogen and oxygen atoms in total. The molecule has 0 radical (unpaired) electrons. The van der Waals surface area contributed by atoms with Crippen molar-refractivity contribution in [2.24, 2.45) is 0 Å². The standard InChI is InChI=1S/C22H27N3O3S/c1-5-24(6-2)14-15-25(21(26)16-10-7-8-11-17(16)27-3)22-23-20-18(28-4)12-9-13-19(20)29-22/h7-13H,5-6,14-15H2,1-4H3/p+1. The maximum absolute atomic E-state index is 13.5. The molecule has 3 aromatic rings. The van der Waals surface area contributed by atoms with Crippen molar-refractivity contribution in [1.82, 2.24) is 4.98 Å². The van der Waals surface area contributed by atoms with Crippen molar-refractivity contribution < 1.29 is 19.2 Å². The Morgan fingerprint density at radius 1 is 1.03 bits per heavy atom. The Kier molecular flexibility index (Phi) is 7.06. The van der Waals surface area contributed by atoms with Crippen LogP contribution in [0.15, 0.2) is 42.5 Å². The van der Waals surface area contributed by atoms with Crippen molar-refractivity contribution in [2.45, 2.75) is 13.8 Å². The van der Waals surface area contributed by atoms with Gasteiger partial charge in [-0.15, -0.1) is 0 Å². The van der Waals surface area contributed by atoms with E-state index in [-0.39, 0.29) is 5.91 Å². The third kappa shape index (κ3) is 4.52. The number of amides is 1. The van der Waals surface area contributed by atoms with Gasteiger partial charge >= 0.3 is 0 Å². The van der Waals surface area contributed by atoms with E-state index in [4.69, 9.17) is 14.5 Å². The summed E-state index contributed by atoms with van der Waals surface area (Å²) < 4.78 is 11.9. The van der Waals surface area contributed by atoms with Crippen LogP contribution in [0.1, 0.15) is 24.2 Å². The molecule has 0 atom stereocenters. The average Bonchev–Trinajstić information content (AvgIpc) is 3.20. The molecule has 0 aliphatic heterocycles. The van der Waals surface area contributed by atoms with E-state index in [0.29, 0.717) is 28.7 Å². The van der Waals surface area contributed by atoms with Crippen molar-refractivity contribution in [3.8, 4) is 11.5 Å². The summed E-state index contributed by atoms with van der Waals surface area (Å²) in [6, 6.07) is 13.1. The number of hydrogen-bond donors (Lipinski definition) is 1. The van der Waals surface area contributed by atoms with Crippen LogP contribution < -0.4 is 19.3 Å². The van der Waals surface area contributed by atoms with Crippen LogP contribution in [-0.2, 0) is 0 Å². The summed E-state index contributed by atoms with van der Waals surface area (Å²) in [5, 5.41) is 0.673. The lowest BCUT2D eigenvalue weighted by Gasteiger charge is -2.23. The van der Waals surface area contributed by atoms with Gasteiger partial charge < -0.3 is 14.4 Å². The van der Waals surface area contributed by atoms with Crippen LogP contribution in [0.3, 0.4) is 0 Å². The monoisotopic (exact) mass is 414 g/mol. The predicted molar refractivity (Wildman–Crippen MR) is 118 cm³/mol. The lowest BCUT2D eigenvalue weighted by atomic mass is 10.1. The molecule has 2 aromatic carbocycles. The lowest BCUT2D eigenvalue weighted by Crippen LogP contribution is -3.12. The van der Waals surface area contributed by atoms with Gasteiger partial charge in [0.15, 0.2) is 5.13 Å². The fourth-order valence-corrected chi connectivity index (χ4v) is 4.32. The minimum atomic E-state index is -0.105. The second kappa shape index (κ2) is 9.71. The van der Waals surface area contributed by atoms with E-state index in [0.717, 1.165) is 29.9 Å². The second-order valence-electron chi connectivity index (χ2n) is 6.67. The number of likely N-dealkylation sites (N-methyl/N-ethyl adjacent to an activating group) is 1. The van der Waals surface area contributed by atoms with Crippen molar-refractivity contribution in [3.05, 3.63) is 48.0 Å². The molecular formula is C22H28N3O3S+. The number of nitrogens with one attached hydrogen (secondary N) is 1. The summed E-state index contributed by atoms with van der Waals surface area (Å²) in [6.45, 7) is 7.78. The topological polar surface area (TPSA) is 56.1 Å². The zero-order valence-electron chi connectivity index (χ0n) is 17.4. The van der Waals surface area contributed by atoms with E-state index in [9.17, 15) is 4.79 Å². The second-order valence-corrected chi connectivity index (χ2v) is 7.68. The van der Waals surface area contributed by atoms with E-state index in [2.05, 4.69) is 13.8 Å². The summed E-state index contributed by atoms with van der Waals surface area (Å²) in [6.07, 6.45) is 0. The maximum atomic E-state index is 13.5. The number of thiazole rings is 1. The molecule has 154 valence electrons. The molecule has 3 rings (SSSR count). The molecule has 0 spiro atoms. The van der Waals surface area contributed by atoms with Gasteiger partial charge in [-0.05, 0) is 38.1 Å². The molecule has 0 saturated carbocycles. The summed E-state index contributed by atoms with van der Waals surface area (Å²) in [7, 11) is 3.22. The number of benzene rings is 2. The molecule has 1 N–H and O–H groups in total. The summed E-state index contributed by atoms with van der Waals surface area (Å²) in [5.41, 5.74) is 1.32. The normalized spacial score (nSPS) is 11.1. The van der Waals surface area contributed by atoms with Crippen LogP contribution in [0.4, 0.5) is 5.13 Å². The highest BCUT2D eigenvalue weighted by Crippen LogP contribution is 2.35. The molecule has 0 aliphatic carbocycles. The van der Waals surface area contributed by atoms with Crippen molar-refractivity contribution >= 4 is 32.6 Å². The highest BCUT2D eigenvalue weighted by molar-refractivity contribution is 7.22. The van der Waals surface area contributed by atoms with Gasteiger partial charge in [0, 0.05) is 0 Å². The van der Waals surface area contributed by atoms with Gasteiger partial charge in [-0.1, -0.05) is 29.5 Å². The van der Waals surface area contributed by atoms with E-state index >= 15 is 0 Å². The van der Waals surface area contributed by atoms with Crippen LogP contribution in [0, 0.1) is 0 Å². The number of carbonyl (C=O) groups is 1. The van der Waals surface area contributed by atoms with Crippen molar-refractivity contribution in [3.63, 3.8) is 0 Å². The van der Waals surface area contributed by atoms with Gasteiger partial charge in [-0.2, -0.15) is 0 Å². The number of fused-ring (bicyclic) bond motifs is 1. The zero-order chi connectivity index (χ0) is 20.8. The van der Waals surface area contributed by atoms with Crippen molar-refractivity contribution in [2.75, 3.05) is 45.3 Å². The average molecular weight is 415 g/mol. The van der Waals surface area contributed by atoms with Crippen LogP contribution in [0.25, 0.3) is 10.2 Å². The van der Waals surface area contributed by atoms with Crippen LogP contribution in [-0.4, -0.2) is 51.3 Å². The van der Waals surface area contributed by atoms with Gasteiger partial charge in [-0.25, -0.2) is 4.98 Å². The molecule has 1 amide bonds. The van der Waals surface area contributed by atoms with Crippen LogP contribution in [0.2, 0.25) is 0 Å². The Morgan fingerprint density at radius 3 is 2.41 bits per heavy atom. The Labute approximate surface area is 175 Å². The summed E-state index contributed by atoms with van der Waals surface area (Å²) >= 11 is 1.50. The minimum absolute atomic E-state index is 0.105. The highest BCUT2D eigenvalue weighted by Gasteiger charge is 2.25. The number of quaternary nitrogens is 1. The Bertz CT molecular complexity index is 969. The van der Waals surface area contributed by atoms with Crippen LogP contribution >= 0.6 is 11.3 Å². The van der Waals surface area contributed by atoms with Gasteiger partial charge in [0.05, 0.1) is 50.7 Å². The first kappa shape index (κ1) is 21.1. The molecule has 0 fully saturated rings. The SMILES string of the molecule is CC[NH+](CC)CCN(C(=O)c1ccccc1OC)c1nc2c(OC)cccc2s1. The third-order valence-corrected chi connectivity index (χ3v) is 6.14. The lowest BCUT2D eigenvalue weighted by molar-refractivity contribution is -0.894. The number of methoxy groups -OCH3 is 2. The van der Waals surface area contributed by atoms with Crippen molar-refractivity contribution in [1.29, 1.82) is 0 Å². The summed E-state index contributed by atoms with van der Waals surface area (Å²) in [5.74, 6) is 1.17. The number of anilines is 1. The minimum Gasteiger partial charge on any atom is -0.496 e. The third-order valence-electron chi connectivity index (χ3n) is 5.09. The molecular weight excluding hydrogens is 386 g/mol. The zero-order valence-corrected chi connectivity index (χ0v) is 18.2. The fourth-order valence-electron chi connectivity index (χ4n) is 3.32. The molecule has 0 saturated heterocycles. The van der Waals surface area contributed by atoms with E-state index in [1.54, 1.807) is 25.2 Å². The molecule has 0 bridgehead atoms. The Morgan fingerprint density at radius 2 is 1.72 bits per heavy atom. The highest BCUT2D eigenvalue weighted by atomic mass is 32.1. The predicted octanol–water partition coefficient (Wildman–Crippen LogP) is 2.89. The number of carbonyl (C=O) groups excluding carboxylic acids is 1. The quantitative estimate of drug-likeness (QED) is 0.585. The van der Waals surface area contributed by atoms with Gasteiger partial charge in [0.25, 0.3) is 5.91 Å². The van der Waals surface area contributed by atoms with Gasteiger partial charge in [0.1, 0.15) is 17.0 Å². The van der Waals surface area contributed by atoms with E-state index < -0.39 is 0 Å². The number of aromatic nitrogens is 1. The maximum Gasteiger partial charge on any atom is 0.264 e.